The standard InChI is InChI=1S/C14H13ClN2/c15-10-3-1-2-9-12(16)11-7-4-5-8(6-7)13(11)17-14(9)10/h1-3,7-8H,4-6H2,(H2,16,17)/t7-,8-/m0/s1. The van der Waals surface area contributed by atoms with Crippen LogP contribution in [0.4, 0.5) is 5.69 Å². The van der Waals surface area contributed by atoms with Gasteiger partial charge in [-0.05, 0) is 31.2 Å². The second-order valence-corrected chi connectivity index (χ2v) is 5.57. The Morgan fingerprint density at radius 1 is 1.24 bits per heavy atom. The molecule has 2 bridgehead atoms. The number of anilines is 1. The van der Waals surface area contributed by atoms with Gasteiger partial charge >= 0.3 is 0 Å². The third-order valence-corrected chi connectivity index (χ3v) is 4.61. The fourth-order valence-corrected chi connectivity index (χ4v) is 3.76. The van der Waals surface area contributed by atoms with Gasteiger partial charge in [0.05, 0.1) is 10.5 Å². The van der Waals surface area contributed by atoms with E-state index in [2.05, 4.69) is 0 Å². The number of hydrogen-bond acceptors (Lipinski definition) is 2. The number of benzene rings is 1. The van der Waals surface area contributed by atoms with Crippen molar-refractivity contribution in [3.63, 3.8) is 0 Å². The van der Waals surface area contributed by atoms with Crippen LogP contribution >= 0.6 is 11.6 Å². The van der Waals surface area contributed by atoms with Crippen LogP contribution in [0.5, 0.6) is 0 Å². The summed E-state index contributed by atoms with van der Waals surface area (Å²) in [5.74, 6) is 1.27. The van der Waals surface area contributed by atoms with Gasteiger partial charge < -0.3 is 5.73 Å². The number of aromatic nitrogens is 1. The molecule has 0 radical (unpaired) electrons. The van der Waals surface area contributed by atoms with Crippen molar-refractivity contribution < 1.29 is 0 Å². The van der Waals surface area contributed by atoms with E-state index in [9.17, 15) is 0 Å². The number of fused-ring (bicyclic) bond motifs is 6. The van der Waals surface area contributed by atoms with Crippen molar-refractivity contribution >= 4 is 28.2 Å². The first-order valence-corrected chi connectivity index (χ1v) is 6.51. The Balaban J connectivity index is 2.14. The van der Waals surface area contributed by atoms with Gasteiger partial charge in [0, 0.05) is 28.2 Å². The minimum absolute atomic E-state index is 0.623. The maximum Gasteiger partial charge on any atom is 0.0912 e. The van der Waals surface area contributed by atoms with E-state index < -0.39 is 0 Å². The van der Waals surface area contributed by atoms with E-state index >= 15 is 0 Å². The maximum atomic E-state index is 6.33. The molecule has 86 valence electrons. The topological polar surface area (TPSA) is 38.9 Å². The average molecular weight is 245 g/mol. The third kappa shape index (κ3) is 1.14. The van der Waals surface area contributed by atoms with Crippen molar-refractivity contribution in [2.75, 3.05) is 5.73 Å². The highest BCUT2D eigenvalue weighted by atomic mass is 35.5. The van der Waals surface area contributed by atoms with E-state index in [4.69, 9.17) is 22.3 Å². The highest BCUT2D eigenvalue weighted by Crippen LogP contribution is 2.55. The van der Waals surface area contributed by atoms with E-state index in [0.717, 1.165) is 16.6 Å². The quantitative estimate of drug-likeness (QED) is 0.765. The maximum absolute atomic E-state index is 6.33. The first-order valence-electron chi connectivity index (χ1n) is 6.13. The van der Waals surface area contributed by atoms with Crippen LogP contribution in [-0.4, -0.2) is 4.98 Å². The molecule has 2 aliphatic carbocycles. The second kappa shape index (κ2) is 3.14. The van der Waals surface area contributed by atoms with Crippen molar-refractivity contribution in [2.24, 2.45) is 0 Å². The lowest BCUT2D eigenvalue weighted by atomic mass is 9.93. The molecule has 0 saturated heterocycles. The number of rotatable bonds is 0. The Hall–Kier alpha value is -1.28. The SMILES string of the molecule is Nc1c2c(nc3c(Cl)cccc13)[C@H]1CC[C@H]2C1. The molecule has 2 aromatic rings. The molecule has 4 rings (SSSR count). The number of para-hydroxylation sites is 1. The summed E-state index contributed by atoms with van der Waals surface area (Å²) in [7, 11) is 0. The number of nitrogens with two attached hydrogens (primary N) is 1. The molecule has 17 heavy (non-hydrogen) atoms. The third-order valence-electron chi connectivity index (χ3n) is 4.30. The van der Waals surface area contributed by atoms with Gasteiger partial charge in [0.25, 0.3) is 0 Å². The van der Waals surface area contributed by atoms with Crippen molar-refractivity contribution in [3.8, 4) is 0 Å². The summed E-state index contributed by atoms with van der Waals surface area (Å²) in [6.45, 7) is 0. The predicted molar refractivity (Wildman–Crippen MR) is 70.5 cm³/mol. The molecule has 1 heterocycles. The summed E-state index contributed by atoms with van der Waals surface area (Å²) >= 11 is 6.21. The molecule has 0 spiro atoms. The molecule has 2 nitrogen and oxygen atoms in total. The average Bonchev–Trinajstić information content (AvgIpc) is 2.91. The molecule has 2 atom stereocenters. The highest BCUT2D eigenvalue weighted by Gasteiger charge is 2.40. The molecule has 1 saturated carbocycles. The smallest absolute Gasteiger partial charge is 0.0912 e. The van der Waals surface area contributed by atoms with Gasteiger partial charge in [-0.3, -0.25) is 4.98 Å². The van der Waals surface area contributed by atoms with Crippen molar-refractivity contribution in [1.29, 1.82) is 0 Å². The highest BCUT2D eigenvalue weighted by molar-refractivity contribution is 6.35. The van der Waals surface area contributed by atoms with Crippen LogP contribution in [0.2, 0.25) is 5.02 Å². The number of hydrogen-bond donors (Lipinski definition) is 1. The monoisotopic (exact) mass is 244 g/mol. The summed E-state index contributed by atoms with van der Waals surface area (Å²) in [6, 6.07) is 5.86. The molecular weight excluding hydrogens is 232 g/mol. The Labute approximate surface area is 105 Å². The number of nitrogens with zero attached hydrogens (tertiary/aromatic N) is 1. The minimum atomic E-state index is 0.623. The summed E-state index contributed by atoms with van der Waals surface area (Å²) in [6.07, 6.45) is 3.77. The lowest BCUT2D eigenvalue weighted by Crippen LogP contribution is -2.06. The minimum Gasteiger partial charge on any atom is -0.398 e. The van der Waals surface area contributed by atoms with Gasteiger partial charge in [-0.2, -0.15) is 0 Å². The zero-order valence-corrected chi connectivity index (χ0v) is 10.2. The summed E-state index contributed by atoms with van der Waals surface area (Å²) in [5.41, 5.74) is 10.7. The number of pyridine rings is 1. The Kier molecular flexibility index (Phi) is 1.79. The van der Waals surface area contributed by atoms with Gasteiger partial charge in [-0.15, -0.1) is 0 Å². The predicted octanol–water partition coefficient (Wildman–Crippen LogP) is 3.84. The van der Waals surface area contributed by atoms with E-state index in [1.54, 1.807) is 0 Å². The number of nitrogen functional groups attached to an aromatic ring is 1. The van der Waals surface area contributed by atoms with E-state index in [1.807, 2.05) is 18.2 Å². The summed E-state index contributed by atoms with van der Waals surface area (Å²) in [4.78, 5) is 4.79. The molecule has 2 N–H and O–H groups in total. The normalized spacial score (nSPS) is 25.5. The van der Waals surface area contributed by atoms with E-state index in [0.29, 0.717) is 16.9 Å². The molecule has 0 unspecified atom stereocenters. The van der Waals surface area contributed by atoms with Crippen LogP contribution in [0.25, 0.3) is 10.9 Å². The molecule has 1 fully saturated rings. The zero-order chi connectivity index (χ0) is 11.6. The van der Waals surface area contributed by atoms with Gasteiger partial charge in [-0.1, -0.05) is 23.7 Å². The van der Waals surface area contributed by atoms with Crippen LogP contribution in [0.1, 0.15) is 42.4 Å². The Bertz CT molecular complexity index is 636. The molecule has 1 aromatic carbocycles. The van der Waals surface area contributed by atoms with E-state index in [-0.39, 0.29) is 0 Å². The van der Waals surface area contributed by atoms with Crippen molar-refractivity contribution in [3.05, 3.63) is 34.5 Å². The van der Waals surface area contributed by atoms with Crippen LogP contribution in [0, 0.1) is 0 Å². The fraction of sp³-hybridized carbons (Fsp3) is 0.357. The Morgan fingerprint density at radius 3 is 2.94 bits per heavy atom. The lowest BCUT2D eigenvalue weighted by molar-refractivity contribution is 0.702. The van der Waals surface area contributed by atoms with Gasteiger partial charge in [-0.25, -0.2) is 0 Å². The number of halogens is 1. The fourth-order valence-electron chi connectivity index (χ4n) is 3.54. The second-order valence-electron chi connectivity index (χ2n) is 5.17. The summed E-state index contributed by atoms with van der Waals surface area (Å²) in [5, 5.41) is 1.73. The van der Waals surface area contributed by atoms with Crippen LogP contribution in [-0.2, 0) is 0 Å². The molecule has 1 aromatic heterocycles. The van der Waals surface area contributed by atoms with Gasteiger partial charge in [0.15, 0.2) is 0 Å². The largest absolute Gasteiger partial charge is 0.398 e. The first-order chi connectivity index (χ1) is 8.25. The molecule has 3 heteroatoms. The molecule has 2 aliphatic rings. The first kappa shape index (κ1) is 9.72. The molecule has 0 aliphatic heterocycles. The van der Waals surface area contributed by atoms with Gasteiger partial charge in [0.2, 0.25) is 0 Å². The van der Waals surface area contributed by atoms with Crippen molar-refractivity contribution in [2.45, 2.75) is 31.1 Å². The van der Waals surface area contributed by atoms with E-state index in [1.165, 1.54) is 30.5 Å². The van der Waals surface area contributed by atoms with Crippen molar-refractivity contribution in [1.82, 2.24) is 4.98 Å². The molecule has 0 amide bonds. The summed E-state index contributed by atoms with van der Waals surface area (Å²) < 4.78 is 0. The Morgan fingerprint density at radius 2 is 2.06 bits per heavy atom. The molecular formula is C14H13ClN2. The lowest BCUT2D eigenvalue weighted by Gasteiger charge is -2.18. The van der Waals surface area contributed by atoms with Crippen LogP contribution in [0.3, 0.4) is 0 Å². The van der Waals surface area contributed by atoms with Gasteiger partial charge in [0.1, 0.15) is 0 Å². The van der Waals surface area contributed by atoms with Crippen LogP contribution < -0.4 is 5.73 Å². The zero-order valence-electron chi connectivity index (χ0n) is 9.41. The van der Waals surface area contributed by atoms with Crippen LogP contribution in [0.15, 0.2) is 18.2 Å².